The highest BCUT2D eigenvalue weighted by Crippen LogP contribution is 2.20. The molecule has 0 saturated carbocycles. The van der Waals surface area contributed by atoms with Crippen molar-refractivity contribution in [2.75, 3.05) is 44.7 Å². The normalized spacial score (nSPS) is 15.6. The molecule has 7 heteroatoms. The van der Waals surface area contributed by atoms with Crippen LogP contribution in [0.4, 0.5) is 5.69 Å². The van der Waals surface area contributed by atoms with Crippen LogP contribution in [0.1, 0.15) is 6.42 Å². The number of carbonyl (C=O) groups is 1. The van der Waals surface area contributed by atoms with E-state index in [1.165, 1.54) is 6.20 Å². The summed E-state index contributed by atoms with van der Waals surface area (Å²) in [5.74, 6) is -0.480. The number of benzene rings is 1. The monoisotopic (exact) mass is 348 g/mol. The Labute approximate surface area is 147 Å². The maximum Gasteiger partial charge on any atom is 0.267 e. The van der Waals surface area contributed by atoms with Crippen molar-refractivity contribution in [3.8, 4) is 6.07 Å². The maximum absolute atomic E-state index is 12.1. The first-order chi connectivity index (χ1) is 11.7. The van der Waals surface area contributed by atoms with Gasteiger partial charge in [0.15, 0.2) is 0 Å². The van der Waals surface area contributed by atoms with Gasteiger partial charge in [-0.3, -0.25) is 9.69 Å². The fraction of sp³-hybridized carbons (Fsp3) is 0.412. The first-order valence-electron chi connectivity index (χ1n) is 7.90. The van der Waals surface area contributed by atoms with Crippen molar-refractivity contribution in [3.05, 3.63) is 41.1 Å². The van der Waals surface area contributed by atoms with Crippen molar-refractivity contribution in [1.29, 1.82) is 5.26 Å². The number of anilines is 1. The second kappa shape index (κ2) is 9.93. The SMILES string of the molecule is N#C/C(=C/NCCCN1CCOCC1)C(=O)Nc1ccccc1Cl. The summed E-state index contributed by atoms with van der Waals surface area (Å²) >= 11 is 5.99. The number of hydrogen-bond donors (Lipinski definition) is 2. The van der Waals surface area contributed by atoms with Crippen LogP contribution in [0.15, 0.2) is 36.0 Å². The van der Waals surface area contributed by atoms with Gasteiger partial charge in [-0.05, 0) is 25.1 Å². The number of morpholine rings is 1. The van der Waals surface area contributed by atoms with E-state index in [1.807, 2.05) is 6.07 Å². The zero-order valence-electron chi connectivity index (χ0n) is 13.4. The van der Waals surface area contributed by atoms with Crippen LogP contribution in [0, 0.1) is 11.3 Å². The summed E-state index contributed by atoms with van der Waals surface area (Å²) in [4.78, 5) is 14.4. The Morgan fingerprint density at radius 2 is 2.12 bits per heavy atom. The summed E-state index contributed by atoms with van der Waals surface area (Å²) in [7, 11) is 0. The van der Waals surface area contributed by atoms with E-state index in [-0.39, 0.29) is 5.57 Å². The maximum atomic E-state index is 12.1. The van der Waals surface area contributed by atoms with Gasteiger partial charge in [0.25, 0.3) is 5.91 Å². The number of rotatable bonds is 7. The Hall–Kier alpha value is -2.07. The van der Waals surface area contributed by atoms with Crippen LogP contribution in [-0.4, -0.2) is 50.2 Å². The lowest BCUT2D eigenvalue weighted by Crippen LogP contribution is -2.37. The summed E-state index contributed by atoms with van der Waals surface area (Å²) in [6, 6.07) is 8.80. The molecular formula is C17H21ClN4O2. The summed E-state index contributed by atoms with van der Waals surface area (Å²) < 4.78 is 5.30. The van der Waals surface area contributed by atoms with E-state index < -0.39 is 5.91 Å². The molecule has 0 aromatic heterocycles. The summed E-state index contributed by atoms with van der Waals surface area (Å²) in [5.41, 5.74) is 0.499. The first-order valence-corrected chi connectivity index (χ1v) is 8.28. The Balaban J connectivity index is 1.75. The standard InChI is InChI=1S/C17H21ClN4O2/c18-15-4-1-2-5-16(15)21-17(23)14(12-19)13-20-6-3-7-22-8-10-24-11-9-22/h1-2,4-5,13,20H,3,6-11H2,(H,21,23)/b14-13-. The molecule has 1 aromatic carbocycles. The van der Waals surface area contributed by atoms with E-state index in [9.17, 15) is 4.79 Å². The Morgan fingerprint density at radius 1 is 1.38 bits per heavy atom. The minimum absolute atomic E-state index is 0.0151. The molecule has 1 aliphatic heterocycles. The molecule has 2 rings (SSSR count). The molecule has 0 bridgehead atoms. The van der Waals surface area contributed by atoms with Crippen molar-refractivity contribution in [2.45, 2.75) is 6.42 Å². The summed E-state index contributed by atoms with van der Waals surface area (Å²) in [6.07, 6.45) is 2.38. The number of para-hydroxylation sites is 1. The van der Waals surface area contributed by atoms with E-state index in [0.29, 0.717) is 17.3 Å². The largest absolute Gasteiger partial charge is 0.390 e. The second-order valence-corrected chi connectivity index (χ2v) is 5.77. The lowest BCUT2D eigenvalue weighted by Gasteiger charge is -2.26. The third-order valence-electron chi connectivity index (χ3n) is 3.63. The number of nitrogens with zero attached hydrogens (tertiary/aromatic N) is 2. The molecule has 0 radical (unpaired) electrons. The number of nitrogens with one attached hydrogen (secondary N) is 2. The Bertz CT molecular complexity index is 621. The van der Waals surface area contributed by atoms with Gasteiger partial charge >= 0.3 is 0 Å². The quantitative estimate of drug-likeness (QED) is 0.447. The Morgan fingerprint density at radius 3 is 2.83 bits per heavy atom. The van der Waals surface area contributed by atoms with Crippen LogP contribution in [-0.2, 0) is 9.53 Å². The van der Waals surface area contributed by atoms with Gasteiger partial charge in [0.05, 0.1) is 23.9 Å². The predicted molar refractivity (Wildman–Crippen MR) is 93.7 cm³/mol. The molecule has 128 valence electrons. The van der Waals surface area contributed by atoms with Gasteiger partial charge in [0.2, 0.25) is 0 Å². The predicted octanol–water partition coefficient (Wildman–Crippen LogP) is 2.00. The van der Waals surface area contributed by atoms with E-state index in [4.69, 9.17) is 21.6 Å². The number of nitriles is 1. The molecule has 1 heterocycles. The van der Waals surface area contributed by atoms with E-state index in [0.717, 1.165) is 39.3 Å². The fourth-order valence-corrected chi connectivity index (χ4v) is 2.49. The van der Waals surface area contributed by atoms with Gasteiger partial charge in [-0.1, -0.05) is 23.7 Å². The van der Waals surface area contributed by atoms with Crippen molar-refractivity contribution in [1.82, 2.24) is 10.2 Å². The van der Waals surface area contributed by atoms with Gasteiger partial charge in [-0.25, -0.2) is 0 Å². The first kappa shape index (κ1) is 18.3. The number of ether oxygens (including phenoxy) is 1. The molecule has 6 nitrogen and oxygen atoms in total. The molecule has 0 aliphatic carbocycles. The Kier molecular flexibility index (Phi) is 7.56. The number of hydrogen-bond acceptors (Lipinski definition) is 5. The van der Waals surface area contributed by atoms with Gasteiger partial charge in [-0.2, -0.15) is 5.26 Å². The highest BCUT2D eigenvalue weighted by atomic mass is 35.5. The van der Waals surface area contributed by atoms with Crippen molar-refractivity contribution < 1.29 is 9.53 Å². The number of halogens is 1. The topological polar surface area (TPSA) is 77.4 Å². The van der Waals surface area contributed by atoms with Crippen molar-refractivity contribution >= 4 is 23.2 Å². The van der Waals surface area contributed by atoms with Crippen LogP contribution < -0.4 is 10.6 Å². The summed E-state index contributed by atoms with van der Waals surface area (Å²) in [5, 5.41) is 15.2. The molecule has 24 heavy (non-hydrogen) atoms. The minimum atomic E-state index is -0.480. The molecule has 0 unspecified atom stereocenters. The van der Waals surface area contributed by atoms with Crippen molar-refractivity contribution in [3.63, 3.8) is 0 Å². The molecular weight excluding hydrogens is 328 g/mol. The zero-order chi connectivity index (χ0) is 17.2. The molecule has 1 saturated heterocycles. The van der Waals surface area contributed by atoms with E-state index in [2.05, 4.69) is 15.5 Å². The van der Waals surface area contributed by atoms with Gasteiger partial charge in [0.1, 0.15) is 11.6 Å². The van der Waals surface area contributed by atoms with Crippen LogP contribution in [0.5, 0.6) is 0 Å². The van der Waals surface area contributed by atoms with E-state index in [1.54, 1.807) is 24.3 Å². The second-order valence-electron chi connectivity index (χ2n) is 5.37. The third kappa shape index (κ3) is 5.85. The molecule has 2 N–H and O–H groups in total. The summed E-state index contributed by atoms with van der Waals surface area (Å²) in [6.45, 7) is 5.15. The molecule has 1 aromatic rings. The van der Waals surface area contributed by atoms with Crippen LogP contribution >= 0.6 is 11.6 Å². The highest BCUT2D eigenvalue weighted by molar-refractivity contribution is 6.33. The molecule has 1 aliphatic rings. The smallest absolute Gasteiger partial charge is 0.267 e. The highest BCUT2D eigenvalue weighted by Gasteiger charge is 2.11. The van der Waals surface area contributed by atoms with E-state index >= 15 is 0 Å². The average Bonchev–Trinajstić information content (AvgIpc) is 2.61. The lowest BCUT2D eigenvalue weighted by molar-refractivity contribution is -0.112. The molecule has 0 atom stereocenters. The number of carbonyl (C=O) groups excluding carboxylic acids is 1. The molecule has 1 fully saturated rings. The van der Waals surface area contributed by atoms with Gasteiger partial charge < -0.3 is 15.4 Å². The minimum Gasteiger partial charge on any atom is -0.390 e. The molecule has 0 spiro atoms. The molecule has 1 amide bonds. The number of amides is 1. The van der Waals surface area contributed by atoms with Crippen molar-refractivity contribution in [2.24, 2.45) is 0 Å². The average molecular weight is 349 g/mol. The lowest BCUT2D eigenvalue weighted by atomic mass is 10.2. The fourth-order valence-electron chi connectivity index (χ4n) is 2.30. The zero-order valence-corrected chi connectivity index (χ0v) is 14.2. The third-order valence-corrected chi connectivity index (χ3v) is 3.96. The van der Waals surface area contributed by atoms with Gasteiger partial charge in [-0.15, -0.1) is 0 Å². The van der Waals surface area contributed by atoms with Crippen LogP contribution in [0.2, 0.25) is 5.02 Å². The van der Waals surface area contributed by atoms with Crippen LogP contribution in [0.25, 0.3) is 0 Å². The van der Waals surface area contributed by atoms with Crippen LogP contribution in [0.3, 0.4) is 0 Å². The van der Waals surface area contributed by atoms with Gasteiger partial charge in [0, 0.05) is 25.8 Å².